The van der Waals surface area contributed by atoms with E-state index in [1.807, 2.05) is 49.6 Å². The molecule has 0 amide bonds. The third-order valence-electron chi connectivity index (χ3n) is 5.05. The summed E-state index contributed by atoms with van der Waals surface area (Å²) in [6, 6.07) is 14.6. The Kier molecular flexibility index (Phi) is 4.69. The molecule has 0 N–H and O–H groups in total. The number of rotatable bonds is 4. The predicted molar refractivity (Wildman–Crippen MR) is 114 cm³/mol. The van der Waals surface area contributed by atoms with Gasteiger partial charge in [0.15, 0.2) is 5.78 Å². The maximum Gasteiger partial charge on any atom is 0.263 e. The van der Waals surface area contributed by atoms with Crippen molar-refractivity contribution < 1.29 is 4.79 Å². The van der Waals surface area contributed by atoms with E-state index in [0.29, 0.717) is 15.8 Å². The Hall–Kier alpha value is -3.05. The molecule has 0 fully saturated rings. The van der Waals surface area contributed by atoms with Crippen molar-refractivity contribution in [2.24, 2.45) is 0 Å². The van der Waals surface area contributed by atoms with Crippen molar-refractivity contribution >= 4 is 27.3 Å². The van der Waals surface area contributed by atoms with Gasteiger partial charge in [0.25, 0.3) is 5.56 Å². The summed E-state index contributed by atoms with van der Waals surface area (Å²) in [6.07, 6.45) is 1.48. The molecule has 0 spiro atoms. The van der Waals surface area contributed by atoms with Gasteiger partial charge in [-0.25, -0.2) is 4.98 Å². The highest BCUT2D eigenvalue weighted by Gasteiger charge is 2.21. The Morgan fingerprint density at radius 3 is 2.54 bits per heavy atom. The average Bonchev–Trinajstić information content (AvgIpc) is 3.12. The van der Waals surface area contributed by atoms with E-state index in [1.54, 1.807) is 19.1 Å². The van der Waals surface area contributed by atoms with Gasteiger partial charge in [-0.3, -0.25) is 14.2 Å². The maximum atomic E-state index is 13.3. The summed E-state index contributed by atoms with van der Waals surface area (Å²) in [5.41, 5.74) is 4.60. The Balaban J connectivity index is 1.85. The zero-order chi connectivity index (χ0) is 19.8. The molecule has 0 aliphatic rings. The lowest BCUT2D eigenvalue weighted by atomic mass is 9.99. The lowest BCUT2D eigenvalue weighted by Crippen LogP contribution is -2.28. The van der Waals surface area contributed by atoms with Gasteiger partial charge >= 0.3 is 0 Å². The molecule has 4 aromatic rings. The van der Waals surface area contributed by atoms with Gasteiger partial charge in [0.1, 0.15) is 4.83 Å². The van der Waals surface area contributed by atoms with Crippen molar-refractivity contribution in [1.82, 2.24) is 9.55 Å². The van der Waals surface area contributed by atoms with Crippen LogP contribution in [0.15, 0.2) is 65.0 Å². The van der Waals surface area contributed by atoms with E-state index in [1.165, 1.54) is 27.8 Å². The second kappa shape index (κ2) is 7.17. The number of hydrogen-bond donors (Lipinski definition) is 0. The molecule has 1 atom stereocenters. The molecule has 0 saturated carbocycles. The van der Waals surface area contributed by atoms with Crippen molar-refractivity contribution in [3.8, 4) is 11.1 Å². The number of Topliss-reactive ketones (excluding diaryl/α,β-unsaturated/α-hetero) is 1. The number of carbonyl (C=O) groups is 1. The van der Waals surface area contributed by atoms with E-state index in [2.05, 4.69) is 11.1 Å². The highest BCUT2D eigenvalue weighted by molar-refractivity contribution is 7.17. The van der Waals surface area contributed by atoms with Crippen LogP contribution in [0.4, 0.5) is 0 Å². The minimum atomic E-state index is -0.626. The lowest BCUT2D eigenvalue weighted by Gasteiger charge is -2.14. The predicted octanol–water partition coefficient (Wildman–Crippen LogP) is 5.19. The van der Waals surface area contributed by atoms with Crippen LogP contribution < -0.4 is 5.56 Å². The first-order chi connectivity index (χ1) is 13.5. The summed E-state index contributed by atoms with van der Waals surface area (Å²) in [5, 5.41) is 2.55. The number of benzene rings is 2. The molecule has 2 heterocycles. The Labute approximate surface area is 167 Å². The molecule has 140 valence electrons. The number of hydrogen-bond acceptors (Lipinski definition) is 4. The molecule has 28 heavy (non-hydrogen) atoms. The van der Waals surface area contributed by atoms with Crippen LogP contribution in [0.5, 0.6) is 0 Å². The van der Waals surface area contributed by atoms with E-state index in [-0.39, 0.29) is 11.3 Å². The highest BCUT2D eigenvalue weighted by Crippen LogP contribution is 2.33. The summed E-state index contributed by atoms with van der Waals surface area (Å²) >= 11 is 1.45. The second-order valence-corrected chi connectivity index (χ2v) is 7.87. The Bertz CT molecular complexity index is 1240. The van der Waals surface area contributed by atoms with Crippen LogP contribution in [0.1, 0.15) is 34.5 Å². The Morgan fingerprint density at radius 1 is 1.07 bits per heavy atom. The van der Waals surface area contributed by atoms with Crippen LogP contribution >= 0.6 is 11.3 Å². The van der Waals surface area contributed by atoms with E-state index in [0.717, 1.165) is 16.7 Å². The molecular formula is C23H20N2O2S. The quantitative estimate of drug-likeness (QED) is 0.452. The summed E-state index contributed by atoms with van der Waals surface area (Å²) in [7, 11) is 0. The molecule has 4 nitrogen and oxygen atoms in total. The van der Waals surface area contributed by atoms with Crippen LogP contribution in [0.2, 0.25) is 0 Å². The first-order valence-electron chi connectivity index (χ1n) is 9.12. The fourth-order valence-electron chi connectivity index (χ4n) is 3.51. The van der Waals surface area contributed by atoms with Crippen LogP contribution in [-0.2, 0) is 0 Å². The smallest absolute Gasteiger partial charge is 0.263 e. The first-order valence-corrected chi connectivity index (χ1v) is 10.0. The maximum absolute atomic E-state index is 13.3. The zero-order valence-electron chi connectivity index (χ0n) is 16.0. The fraction of sp³-hybridized carbons (Fsp3) is 0.174. The molecule has 0 saturated heterocycles. The third kappa shape index (κ3) is 3.08. The monoisotopic (exact) mass is 388 g/mol. The molecule has 0 aliphatic carbocycles. The number of fused-ring (bicyclic) bond motifs is 1. The molecule has 0 unspecified atom stereocenters. The van der Waals surface area contributed by atoms with Gasteiger partial charge in [0.2, 0.25) is 0 Å². The molecule has 2 aromatic carbocycles. The van der Waals surface area contributed by atoms with Crippen molar-refractivity contribution in [1.29, 1.82) is 0 Å². The lowest BCUT2D eigenvalue weighted by molar-refractivity contribution is 0.0932. The number of ketones is 1. The van der Waals surface area contributed by atoms with Gasteiger partial charge in [-0.1, -0.05) is 54.1 Å². The SMILES string of the molecule is Cc1ccc(-c2csc3ncn([C@H](C)C(=O)c4ccccc4)c(=O)c23)c(C)c1. The van der Waals surface area contributed by atoms with Crippen molar-refractivity contribution in [2.45, 2.75) is 26.8 Å². The van der Waals surface area contributed by atoms with Crippen LogP contribution in [-0.4, -0.2) is 15.3 Å². The van der Waals surface area contributed by atoms with Crippen molar-refractivity contribution in [2.75, 3.05) is 0 Å². The van der Waals surface area contributed by atoms with Crippen molar-refractivity contribution in [3.05, 3.63) is 87.3 Å². The van der Waals surface area contributed by atoms with Gasteiger partial charge in [0.05, 0.1) is 17.8 Å². The van der Waals surface area contributed by atoms with Gasteiger partial charge < -0.3 is 0 Å². The average molecular weight is 388 g/mol. The number of aryl methyl sites for hydroxylation is 2. The number of aromatic nitrogens is 2. The molecule has 0 aliphatic heterocycles. The van der Waals surface area contributed by atoms with Crippen LogP contribution in [0.25, 0.3) is 21.3 Å². The molecular weight excluding hydrogens is 368 g/mol. The van der Waals surface area contributed by atoms with Crippen molar-refractivity contribution in [3.63, 3.8) is 0 Å². The van der Waals surface area contributed by atoms with E-state index < -0.39 is 6.04 Å². The standard InChI is InChI=1S/C23H20N2O2S/c1-14-9-10-18(15(2)11-14)19-12-28-22-20(19)23(27)25(13-24-22)16(3)21(26)17-7-5-4-6-8-17/h4-13,16H,1-3H3/t16-/m1/s1. The minimum Gasteiger partial charge on any atom is -0.292 e. The second-order valence-electron chi connectivity index (χ2n) is 7.01. The Morgan fingerprint density at radius 2 is 1.82 bits per heavy atom. The number of thiophene rings is 1. The first kappa shape index (κ1) is 18.3. The molecule has 0 radical (unpaired) electrons. The fourth-order valence-corrected chi connectivity index (χ4v) is 4.40. The minimum absolute atomic E-state index is 0.104. The summed E-state index contributed by atoms with van der Waals surface area (Å²) in [5.74, 6) is -0.104. The summed E-state index contributed by atoms with van der Waals surface area (Å²) in [4.78, 5) is 31.3. The van der Waals surface area contributed by atoms with Crippen LogP contribution in [0.3, 0.4) is 0 Å². The molecule has 4 rings (SSSR count). The summed E-state index contributed by atoms with van der Waals surface area (Å²) < 4.78 is 1.44. The topological polar surface area (TPSA) is 52.0 Å². The van der Waals surface area contributed by atoms with Gasteiger partial charge in [-0.15, -0.1) is 11.3 Å². The number of nitrogens with zero attached hydrogens (tertiary/aromatic N) is 2. The van der Waals surface area contributed by atoms with E-state index >= 15 is 0 Å². The molecule has 5 heteroatoms. The third-order valence-corrected chi connectivity index (χ3v) is 5.93. The van der Waals surface area contributed by atoms with E-state index in [9.17, 15) is 9.59 Å². The largest absolute Gasteiger partial charge is 0.292 e. The molecule has 2 aromatic heterocycles. The van der Waals surface area contributed by atoms with Gasteiger partial charge in [-0.05, 0) is 31.9 Å². The van der Waals surface area contributed by atoms with Gasteiger partial charge in [0, 0.05) is 16.5 Å². The van der Waals surface area contributed by atoms with Crippen LogP contribution in [0, 0.1) is 13.8 Å². The number of carbonyl (C=O) groups excluding carboxylic acids is 1. The zero-order valence-corrected chi connectivity index (χ0v) is 16.8. The highest BCUT2D eigenvalue weighted by atomic mass is 32.1. The normalized spacial score (nSPS) is 12.2. The van der Waals surface area contributed by atoms with E-state index in [4.69, 9.17) is 0 Å². The molecule has 0 bridgehead atoms. The summed E-state index contributed by atoms with van der Waals surface area (Å²) in [6.45, 7) is 5.84. The van der Waals surface area contributed by atoms with Gasteiger partial charge in [-0.2, -0.15) is 0 Å².